The number of rotatable bonds is 3. The van der Waals surface area contributed by atoms with E-state index in [2.05, 4.69) is 5.32 Å². The van der Waals surface area contributed by atoms with Crippen LogP contribution in [0.5, 0.6) is 5.75 Å². The fraction of sp³-hybridized carbons (Fsp3) is 0.500. The molecule has 1 amide bonds. The molecular formula is C14H20N2O2. The Hall–Kier alpha value is -1.55. The van der Waals surface area contributed by atoms with Gasteiger partial charge in [0.25, 0.3) is 0 Å². The van der Waals surface area contributed by atoms with Crippen molar-refractivity contribution in [1.29, 1.82) is 0 Å². The first-order valence-electron chi connectivity index (χ1n) is 6.46. The molecule has 0 spiro atoms. The minimum atomic E-state index is -0.499. The number of hydrogen-bond donors (Lipinski definition) is 3. The zero-order chi connectivity index (χ0) is 13.3. The molecule has 2 rings (SSSR count). The molecule has 0 saturated carbocycles. The second kappa shape index (κ2) is 4.61. The molecule has 4 N–H and O–H groups in total. The van der Waals surface area contributed by atoms with Gasteiger partial charge in [0.15, 0.2) is 0 Å². The summed E-state index contributed by atoms with van der Waals surface area (Å²) in [5.74, 6) is 0.248. The summed E-state index contributed by atoms with van der Waals surface area (Å²) in [5.41, 5.74) is 8.13. The van der Waals surface area contributed by atoms with Gasteiger partial charge < -0.3 is 16.2 Å². The molecule has 1 aromatic rings. The number of carbonyl (C=O) groups excluding carboxylic acids is 1. The van der Waals surface area contributed by atoms with E-state index >= 15 is 0 Å². The number of hydrogen-bond acceptors (Lipinski definition) is 3. The summed E-state index contributed by atoms with van der Waals surface area (Å²) < 4.78 is 0. The molecular weight excluding hydrogens is 228 g/mol. The van der Waals surface area contributed by atoms with E-state index < -0.39 is 5.54 Å². The molecule has 0 aromatic heterocycles. The molecule has 0 aliphatic carbocycles. The number of nitrogens with two attached hydrogens (primary N) is 1. The normalized spacial score (nSPS) is 15.2. The lowest BCUT2D eigenvalue weighted by Gasteiger charge is -2.30. The van der Waals surface area contributed by atoms with Crippen LogP contribution in [0.2, 0.25) is 0 Å². The quantitative estimate of drug-likeness (QED) is 0.768. The molecule has 0 fully saturated rings. The predicted molar refractivity (Wildman–Crippen MR) is 71.5 cm³/mol. The van der Waals surface area contributed by atoms with Crippen LogP contribution in [0.1, 0.15) is 44.2 Å². The van der Waals surface area contributed by atoms with E-state index in [4.69, 9.17) is 5.73 Å². The Labute approximate surface area is 107 Å². The van der Waals surface area contributed by atoms with Crippen molar-refractivity contribution in [1.82, 2.24) is 0 Å². The van der Waals surface area contributed by atoms with E-state index in [9.17, 15) is 9.90 Å². The molecule has 0 radical (unpaired) electrons. The van der Waals surface area contributed by atoms with E-state index in [-0.39, 0.29) is 11.7 Å². The van der Waals surface area contributed by atoms with E-state index in [0.717, 1.165) is 24.0 Å². The molecule has 0 unspecified atom stereocenters. The highest BCUT2D eigenvalue weighted by atomic mass is 16.3. The SMILES string of the molecule is CCC(N)(CC)c1ccc2c(c1O)CCC(=O)N2. The molecule has 18 heavy (non-hydrogen) atoms. The largest absolute Gasteiger partial charge is 0.507 e. The van der Waals surface area contributed by atoms with Gasteiger partial charge in [-0.15, -0.1) is 0 Å². The van der Waals surface area contributed by atoms with Crippen LogP contribution < -0.4 is 11.1 Å². The summed E-state index contributed by atoms with van der Waals surface area (Å²) in [6.07, 6.45) is 2.52. The second-order valence-electron chi connectivity index (χ2n) is 4.90. The van der Waals surface area contributed by atoms with Crippen LogP contribution in [0.25, 0.3) is 0 Å². The highest BCUT2D eigenvalue weighted by Crippen LogP contribution is 2.39. The van der Waals surface area contributed by atoms with Crippen LogP contribution in [-0.4, -0.2) is 11.0 Å². The molecule has 0 atom stereocenters. The van der Waals surface area contributed by atoms with Crippen LogP contribution >= 0.6 is 0 Å². The summed E-state index contributed by atoms with van der Waals surface area (Å²) in [4.78, 5) is 11.3. The smallest absolute Gasteiger partial charge is 0.224 e. The third-order valence-electron chi connectivity index (χ3n) is 3.96. The number of phenolic OH excluding ortho intramolecular Hbond substituents is 1. The number of phenols is 1. The summed E-state index contributed by atoms with van der Waals surface area (Å²) >= 11 is 0. The number of nitrogens with one attached hydrogen (secondary N) is 1. The van der Waals surface area contributed by atoms with Gasteiger partial charge in [-0.25, -0.2) is 0 Å². The van der Waals surface area contributed by atoms with E-state index in [1.54, 1.807) is 0 Å². The average Bonchev–Trinajstić information content (AvgIpc) is 2.38. The maximum absolute atomic E-state index is 11.3. The Kier molecular flexibility index (Phi) is 3.30. The standard InChI is InChI=1S/C14H20N2O2/c1-3-14(15,4-2)10-6-7-11-9(13(10)18)5-8-12(17)16-11/h6-7,18H,3-5,8,15H2,1-2H3,(H,16,17). The van der Waals surface area contributed by atoms with E-state index in [1.165, 1.54) is 0 Å². The van der Waals surface area contributed by atoms with Gasteiger partial charge in [-0.05, 0) is 25.3 Å². The van der Waals surface area contributed by atoms with Crippen molar-refractivity contribution in [2.24, 2.45) is 5.73 Å². The van der Waals surface area contributed by atoms with Crippen molar-refractivity contribution in [2.45, 2.75) is 45.1 Å². The summed E-state index contributed by atoms with van der Waals surface area (Å²) in [6, 6.07) is 3.67. The molecule has 0 bridgehead atoms. The summed E-state index contributed by atoms with van der Waals surface area (Å²) in [6.45, 7) is 4.04. The fourth-order valence-electron chi connectivity index (χ4n) is 2.49. The zero-order valence-corrected chi connectivity index (χ0v) is 10.9. The first-order chi connectivity index (χ1) is 8.51. The van der Waals surface area contributed by atoms with Gasteiger partial charge in [-0.3, -0.25) is 4.79 Å². The molecule has 4 nitrogen and oxygen atoms in total. The van der Waals surface area contributed by atoms with Crippen LogP contribution in [0.15, 0.2) is 12.1 Å². The van der Waals surface area contributed by atoms with Crippen molar-refractivity contribution in [3.8, 4) is 5.75 Å². The fourth-order valence-corrected chi connectivity index (χ4v) is 2.49. The maximum atomic E-state index is 11.3. The second-order valence-corrected chi connectivity index (χ2v) is 4.90. The first-order valence-corrected chi connectivity index (χ1v) is 6.46. The predicted octanol–water partition coefficient (Wildman–Crippen LogP) is 2.25. The number of fused-ring (bicyclic) bond motifs is 1. The Bertz CT molecular complexity index is 479. The lowest BCUT2D eigenvalue weighted by molar-refractivity contribution is -0.116. The molecule has 1 heterocycles. The molecule has 0 saturated heterocycles. The van der Waals surface area contributed by atoms with Crippen LogP contribution in [0, 0.1) is 0 Å². The van der Waals surface area contributed by atoms with Crippen molar-refractivity contribution >= 4 is 11.6 Å². The lowest BCUT2D eigenvalue weighted by Crippen LogP contribution is -2.35. The minimum absolute atomic E-state index is 0.000329. The number of carbonyl (C=O) groups is 1. The molecule has 98 valence electrons. The molecule has 1 aliphatic rings. The Morgan fingerprint density at radius 3 is 2.61 bits per heavy atom. The number of anilines is 1. The average molecular weight is 248 g/mol. The van der Waals surface area contributed by atoms with Gasteiger partial charge in [-0.2, -0.15) is 0 Å². The van der Waals surface area contributed by atoms with Gasteiger partial charge in [-0.1, -0.05) is 19.9 Å². The summed E-state index contributed by atoms with van der Waals surface area (Å²) in [7, 11) is 0. The molecule has 1 aromatic carbocycles. The van der Waals surface area contributed by atoms with Gasteiger partial charge in [0.1, 0.15) is 5.75 Å². The monoisotopic (exact) mass is 248 g/mol. The molecule has 1 aliphatic heterocycles. The third kappa shape index (κ3) is 1.97. The van der Waals surface area contributed by atoms with Gasteiger partial charge in [0.2, 0.25) is 5.91 Å². The minimum Gasteiger partial charge on any atom is -0.507 e. The van der Waals surface area contributed by atoms with Crippen molar-refractivity contribution in [3.05, 3.63) is 23.3 Å². The number of aromatic hydroxyl groups is 1. The summed E-state index contributed by atoms with van der Waals surface area (Å²) in [5, 5.41) is 13.2. The lowest BCUT2D eigenvalue weighted by atomic mass is 9.83. The Morgan fingerprint density at radius 1 is 1.33 bits per heavy atom. The maximum Gasteiger partial charge on any atom is 0.224 e. The third-order valence-corrected chi connectivity index (χ3v) is 3.96. The Morgan fingerprint density at radius 2 is 2.00 bits per heavy atom. The number of amides is 1. The zero-order valence-electron chi connectivity index (χ0n) is 10.9. The van der Waals surface area contributed by atoms with Crippen LogP contribution in [0.4, 0.5) is 5.69 Å². The topological polar surface area (TPSA) is 75.3 Å². The van der Waals surface area contributed by atoms with E-state index in [0.29, 0.717) is 18.5 Å². The van der Waals surface area contributed by atoms with Crippen molar-refractivity contribution in [3.63, 3.8) is 0 Å². The van der Waals surface area contributed by atoms with E-state index in [1.807, 2.05) is 26.0 Å². The van der Waals surface area contributed by atoms with Crippen molar-refractivity contribution < 1.29 is 9.90 Å². The Balaban J connectivity index is 2.50. The highest BCUT2D eigenvalue weighted by molar-refractivity contribution is 5.94. The number of benzene rings is 1. The molecule has 4 heteroatoms. The van der Waals surface area contributed by atoms with Gasteiger partial charge >= 0.3 is 0 Å². The van der Waals surface area contributed by atoms with Gasteiger partial charge in [0, 0.05) is 28.8 Å². The van der Waals surface area contributed by atoms with Crippen molar-refractivity contribution in [2.75, 3.05) is 5.32 Å². The first kappa shape index (κ1) is 12.9. The highest BCUT2D eigenvalue weighted by Gasteiger charge is 2.29. The van der Waals surface area contributed by atoms with Gasteiger partial charge in [0.05, 0.1) is 0 Å². The van der Waals surface area contributed by atoms with Crippen LogP contribution in [-0.2, 0) is 16.8 Å². The van der Waals surface area contributed by atoms with Crippen LogP contribution in [0.3, 0.4) is 0 Å².